The molecule has 1 unspecified atom stereocenters. The third-order valence-electron chi connectivity index (χ3n) is 6.10. The van der Waals surface area contributed by atoms with E-state index in [4.69, 9.17) is 40.0 Å². The molecule has 1 aliphatic heterocycles. The van der Waals surface area contributed by atoms with Crippen LogP contribution in [0.25, 0.3) is 11.2 Å². The van der Waals surface area contributed by atoms with Crippen molar-refractivity contribution in [1.82, 2.24) is 19.5 Å². The van der Waals surface area contributed by atoms with E-state index in [0.717, 1.165) is 0 Å². The molecule has 0 saturated carbocycles. The number of carboxylic acids is 1. The van der Waals surface area contributed by atoms with Crippen molar-refractivity contribution < 1.29 is 52.2 Å². The van der Waals surface area contributed by atoms with Crippen LogP contribution in [0.4, 0.5) is 10.2 Å². The zero-order chi connectivity index (χ0) is 32.7. The molecule has 1 aromatic carbocycles. The lowest BCUT2D eigenvalue weighted by atomic mass is 10.2. The molecule has 0 bridgehead atoms. The number of esters is 2. The summed E-state index contributed by atoms with van der Waals surface area (Å²) in [6.45, 7) is 2.59. The summed E-state index contributed by atoms with van der Waals surface area (Å²) in [4.78, 5) is 59.1. The highest BCUT2D eigenvalue weighted by Crippen LogP contribution is 2.33. The SMILES string of the molecule is C[C@H](OC(=O)[C@H](C)N=[P+]([O-])Oc1ccc(CO[C@H]2C=C(F)[C@H](n3cnc4c(N)ncnc43)O2)cc1)OC(=O)[C@@H](N)CCC(=O)O. The number of carbonyl (C=O) groups excluding carboxylic acids is 2. The van der Waals surface area contributed by atoms with Gasteiger partial charge in [-0.25, -0.2) is 24.1 Å². The van der Waals surface area contributed by atoms with Gasteiger partial charge in [0.1, 0.15) is 17.9 Å². The highest BCUT2D eigenvalue weighted by Gasteiger charge is 2.31. The number of aromatic nitrogens is 4. The van der Waals surface area contributed by atoms with Gasteiger partial charge in [0.15, 0.2) is 41.6 Å². The summed E-state index contributed by atoms with van der Waals surface area (Å²) in [5, 5.41) is 8.66. The van der Waals surface area contributed by atoms with E-state index >= 15 is 0 Å². The monoisotopic (exact) mass is 649 g/mol. The van der Waals surface area contributed by atoms with Crippen molar-refractivity contribution in [1.29, 1.82) is 0 Å². The van der Waals surface area contributed by atoms with Crippen LogP contribution in [0.15, 0.2) is 53.6 Å². The van der Waals surface area contributed by atoms with Crippen molar-refractivity contribution in [2.75, 3.05) is 5.73 Å². The Morgan fingerprint density at radius 3 is 2.60 bits per heavy atom. The third-order valence-corrected chi connectivity index (χ3v) is 7.00. The van der Waals surface area contributed by atoms with Crippen molar-refractivity contribution in [2.45, 2.75) is 64.2 Å². The van der Waals surface area contributed by atoms with Crippen LogP contribution in [-0.2, 0) is 39.9 Å². The summed E-state index contributed by atoms with van der Waals surface area (Å²) in [5.41, 5.74) is 12.6. The van der Waals surface area contributed by atoms with Gasteiger partial charge in [0.05, 0.1) is 12.9 Å². The molecule has 0 spiro atoms. The summed E-state index contributed by atoms with van der Waals surface area (Å²) >= 11 is 0. The lowest BCUT2D eigenvalue weighted by molar-refractivity contribution is -0.187. The summed E-state index contributed by atoms with van der Waals surface area (Å²) in [6.07, 6.45) is -0.220. The molecule has 0 saturated heterocycles. The minimum atomic E-state index is -2.69. The minimum Gasteiger partial charge on any atom is -0.575 e. The number of hydrogen-bond acceptors (Lipinski definition) is 15. The maximum absolute atomic E-state index is 14.7. The number of ether oxygens (including phenoxy) is 4. The average Bonchev–Trinajstić information content (AvgIpc) is 3.58. The van der Waals surface area contributed by atoms with Crippen LogP contribution in [-0.4, -0.2) is 67.2 Å². The van der Waals surface area contributed by atoms with Crippen LogP contribution < -0.4 is 20.9 Å². The topological polar surface area (TPSA) is 249 Å². The first-order chi connectivity index (χ1) is 21.4. The van der Waals surface area contributed by atoms with Gasteiger partial charge in [-0.1, -0.05) is 16.9 Å². The third kappa shape index (κ3) is 8.96. The lowest BCUT2D eigenvalue weighted by Gasteiger charge is -2.17. The van der Waals surface area contributed by atoms with E-state index in [0.29, 0.717) is 16.7 Å². The maximum Gasteiger partial charge on any atom is 0.395 e. The number of halogens is 1. The van der Waals surface area contributed by atoms with Crippen LogP contribution in [0, 0.1) is 0 Å². The fourth-order valence-corrected chi connectivity index (χ4v) is 4.56. The van der Waals surface area contributed by atoms with Crippen LogP contribution in [0.2, 0.25) is 0 Å². The average molecular weight is 650 g/mol. The second kappa shape index (κ2) is 14.9. The Bertz CT molecular complexity index is 1600. The van der Waals surface area contributed by atoms with Crippen LogP contribution in [0.3, 0.4) is 0 Å². The molecular formula is C26H29FN7O10P. The normalized spacial score (nSPS) is 18.6. The molecule has 19 heteroatoms. The summed E-state index contributed by atoms with van der Waals surface area (Å²) in [7, 11) is -2.69. The molecule has 0 fully saturated rings. The fourth-order valence-electron chi connectivity index (χ4n) is 3.83. The molecule has 5 N–H and O–H groups in total. The quantitative estimate of drug-likeness (QED) is 0.127. The number of fused-ring (bicyclic) bond motifs is 1. The van der Waals surface area contributed by atoms with E-state index in [1.54, 1.807) is 12.1 Å². The number of carbonyl (C=O) groups is 3. The second-order valence-corrected chi connectivity index (χ2v) is 10.4. The highest BCUT2D eigenvalue weighted by atomic mass is 31.1. The first-order valence-electron chi connectivity index (χ1n) is 13.3. The van der Waals surface area contributed by atoms with Gasteiger partial charge in [0.2, 0.25) is 6.29 Å². The molecule has 0 amide bonds. The Balaban J connectivity index is 1.22. The number of anilines is 1. The van der Waals surface area contributed by atoms with Gasteiger partial charge in [-0.3, -0.25) is 18.7 Å². The summed E-state index contributed by atoms with van der Waals surface area (Å²) in [5.74, 6) is -3.29. The van der Waals surface area contributed by atoms with Gasteiger partial charge in [-0.05, 0) is 31.0 Å². The molecule has 4 rings (SSSR count). The largest absolute Gasteiger partial charge is 0.575 e. The Morgan fingerprint density at radius 2 is 1.89 bits per heavy atom. The van der Waals surface area contributed by atoms with E-state index < -0.39 is 62.8 Å². The van der Waals surface area contributed by atoms with Crippen LogP contribution in [0.5, 0.6) is 5.75 Å². The van der Waals surface area contributed by atoms with E-state index in [9.17, 15) is 23.7 Å². The first-order valence-corrected chi connectivity index (χ1v) is 14.4. The molecule has 45 heavy (non-hydrogen) atoms. The van der Waals surface area contributed by atoms with E-state index in [2.05, 4.69) is 19.7 Å². The van der Waals surface area contributed by atoms with E-state index in [1.807, 2.05) is 0 Å². The van der Waals surface area contributed by atoms with Gasteiger partial charge >= 0.3 is 26.1 Å². The van der Waals surface area contributed by atoms with Crippen molar-refractivity contribution in [3.05, 3.63) is 54.4 Å². The Morgan fingerprint density at radius 1 is 1.18 bits per heavy atom. The smallest absolute Gasteiger partial charge is 0.395 e. The van der Waals surface area contributed by atoms with Crippen molar-refractivity contribution in [3.63, 3.8) is 0 Å². The number of hydrogen-bond donors (Lipinski definition) is 3. The van der Waals surface area contributed by atoms with Crippen LogP contribution >= 0.6 is 8.17 Å². The van der Waals surface area contributed by atoms with Crippen molar-refractivity contribution >= 4 is 43.1 Å². The van der Waals surface area contributed by atoms with Crippen molar-refractivity contribution in [3.8, 4) is 5.75 Å². The second-order valence-electron chi connectivity index (χ2n) is 9.55. The molecule has 0 radical (unpaired) electrons. The first kappa shape index (κ1) is 33.3. The molecular weight excluding hydrogens is 620 g/mol. The summed E-state index contributed by atoms with van der Waals surface area (Å²) < 4.78 is 46.2. The Kier molecular flexibility index (Phi) is 11.0. The Labute approximate surface area is 255 Å². The molecule has 6 atom stereocenters. The number of aliphatic carboxylic acids is 1. The predicted octanol–water partition coefficient (Wildman–Crippen LogP) is 1.58. The number of nitrogen functional groups attached to an aromatic ring is 1. The zero-order valence-electron chi connectivity index (χ0n) is 23.9. The number of benzene rings is 1. The highest BCUT2D eigenvalue weighted by molar-refractivity contribution is 7.34. The number of nitrogens with zero attached hydrogens (tertiary/aromatic N) is 5. The van der Waals surface area contributed by atoms with Crippen LogP contribution in [0.1, 0.15) is 38.5 Å². The number of carboxylic acid groups (broad SMARTS) is 1. The maximum atomic E-state index is 14.7. The number of imidazole rings is 1. The lowest BCUT2D eigenvalue weighted by Crippen LogP contribution is -2.36. The molecule has 0 aliphatic carbocycles. The van der Waals surface area contributed by atoms with E-state index in [-0.39, 0.29) is 31.0 Å². The molecule has 2 aromatic heterocycles. The van der Waals surface area contributed by atoms with Gasteiger partial charge in [-0.2, -0.15) is 0 Å². The van der Waals surface area contributed by atoms with E-state index in [1.165, 1.54) is 49.3 Å². The molecule has 17 nitrogen and oxygen atoms in total. The predicted molar refractivity (Wildman–Crippen MR) is 150 cm³/mol. The number of nitrogens with two attached hydrogens (primary N) is 2. The molecule has 1 aliphatic rings. The van der Waals surface area contributed by atoms with Gasteiger partial charge in [-0.15, -0.1) is 0 Å². The molecule has 3 heterocycles. The Hall–Kier alpha value is -4.61. The zero-order valence-corrected chi connectivity index (χ0v) is 24.8. The van der Waals surface area contributed by atoms with Gasteiger partial charge in [0, 0.05) is 19.4 Å². The van der Waals surface area contributed by atoms with Gasteiger partial charge in [0.25, 0.3) is 0 Å². The minimum absolute atomic E-state index is 0.0356. The molecule has 3 aromatic rings. The fraction of sp³-hybridized carbons (Fsp3) is 0.385. The number of rotatable bonds is 14. The standard InChI is InChI=1S/C26H29FN7O10P/c1-13(25(37)41-14(2)42-26(38)18(28)7-8-19(35)36)33-45(39)44-16-5-3-15(4-6-16)10-40-20-9-17(27)24(43-20)34-12-32-21-22(29)30-11-31-23(21)34/h3-6,9,11-14,18,20,24H,7-8,10,28H2,1-2H3,(H,35,36)(H2,29,30,31)/t13-,14+,18-,20+,24+/m0/s1. The summed E-state index contributed by atoms with van der Waals surface area (Å²) in [6, 6.07) is 3.77. The van der Waals surface area contributed by atoms with Crippen molar-refractivity contribution in [2.24, 2.45) is 10.5 Å². The van der Waals surface area contributed by atoms with Gasteiger partial charge < -0.3 is 40.4 Å². The molecule has 240 valence electrons.